The summed E-state index contributed by atoms with van der Waals surface area (Å²) < 4.78 is 0. The van der Waals surface area contributed by atoms with Crippen LogP contribution in [0.2, 0.25) is 0 Å². The quantitative estimate of drug-likeness (QED) is 0.661. The van der Waals surface area contributed by atoms with Crippen molar-refractivity contribution in [1.29, 1.82) is 0 Å². The van der Waals surface area contributed by atoms with Crippen LogP contribution < -0.4 is 10.6 Å². The van der Waals surface area contributed by atoms with Gasteiger partial charge in [-0.05, 0) is 11.1 Å². The first-order valence-electron chi connectivity index (χ1n) is 6.72. The van der Waals surface area contributed by atoms with Crippen LogP contribution in [0.4, 0.5) is 0 Å². The van der Waals surface area contributed by atoms with Crippen LogP contribution in [0.5, 0.6) is 0 Å². The lowest BCUT2D eigenvalue weighted by Gasteiger charge is -2.03. The van der Waals surface area contributed by atoms with Gasteiger partial charge in [-0.15, -0.1) is 0 Å². The van der Waals surface area contributed by atoms with E-state index in [4.69, 9.17) is 0 Å². The minimum atomic E-state index is 0.0153. The van der Waals surface area contributed by atoms with Gasteiger partial charge in [0.1, 0.15) is 5.82 Å². The lowest BCUT2D eigenvalue weighted by atomic mass is 10.0. The van der Waals surface area contributed by atoms with Gasteiger partial charge in [0.05, 0.1) is 0 Å². The molecule has 1 saturated heterocycles. The molecule has 100 valence electrons. The van der Waals surface area contributed by atoms with Crippen LogP contribution in [0.3, 0.4) is 0 Å². The van der Waals surface area contributed by atoms with E-state index in [2.05, 4.69) is 22.8 Å². The Balaban J connectivity index is 1.79. The monoisotopic (exact) mass is 264 g/mol. The standard InChI is InChI=1S/C17H16N2O/c20-16(12-17-18-10-11-19-17)15-8-6-14(7-9-15)13-4-2-1-3-5-13/h1-9,12,18-19H,10-11H2. The molecule has 2 N–H and O–H groups in total. The Kier molecular flexibility index (Phi) is 3.50. The number of ketones is 1. The van der Waals surface area contributed by atoms with E-state index in [9.17, 15) is 4.79 Å². The Labute approximate surface area is 118 Å². The van der Waals surface area contributed by atoms with Crippen LogP contribution in [-0.2, 0) is 0 Å². The third-order valence-corrected chi connectivity index (χ3v) is 3.31. The second-order valence-electron chi connectivity index (χ2n) is 4.72. The molecule has 2 aromatic rings. The van der Waals surface area contributed by atoms with Crippen LogP contribution in [0.15, 0.2) is 66.5 Å². The van der Waals surface area contributed by atoms with Crippen molar-refractivity contribution in [3.8, 4) is 11.1 Å². The molecule has 20 heavy (non-hydrogen) atoms. The number of carbonyl (C=O) groups excluding carboxylic acids is 1. The average molecular weight is 264 g/mol. The molecule has 2 aromatic carbocycles. The van der Waals surface area contributed by atoms with Gasteiger partial charge in [-0.2, -0.15) is 0 Å². The van der Waals surface area contributed by atoms with Gasteiger partial charge in [0.15, 0.2) is 5.78 Å². The number of rotatable bonds is 3. The van der Waals surface area contributed by atoms with Crippen molar-refractivity contribution in [3.05, 3.63) is 72.1 Å². The van der Waals surface area contributed by atoms with Crippen molar-refractivity contribution in [1.82, 2.24) is 10.6 Å². The number of allylic oxidation sites excluding steroid dienone is 1. The summed E-state index contributed by atoms with van der Waals surface area (Å²) in [6.07, 6.45) is 1.62. The van der Waals surface area contributed by atoms with E-state index < -0.39 is 0 Å². The molecular formula is C17H16N2O. The highest BCUT2D eigenvalue weighted by atomic mass is 16.1. The second-order valence-corrected chi connectivity index (χ2v) is 4.72. The van der Waals surface area contributed by atoms with Crippen LogP contribution >= 0.6 is 0 Å². The van der Waals surface area contributed by atoms with Crippen molar-refractivity contribution < 1.29 is 4.79 Å². The Morgan fingerprint density at radius 2 is 1.45 bits per heavy atom. The Hall–Kier alpha value is -2.55. The largest absolute Gasteiger partial charge is 0.370 e. The van der Waals surface area contributed by atoms with E-state index >= 15 is 0 Å². The molecule has 0 aliphatic carbocycles. The fourth-order valence-corrected chi connectivity index (χ4v) is 2.23. The average Bonchev–Trinajstić information content (AvgIpc) is 3.01. The number of carbonyl (C=O) groups is 1. The van der Waals surface area contributed by atoms with Crippen molar-refractivity contribution in [2.75, 3.05) is 13.1 Å². The molecule has 0 bridgehead atoms. The zero-order valence-corrected chi connectivity index (χ0v) is 11.1. The minimum absolute atomic E-state index is 0.0153. The van der Waals surface area contributed by atoms with E-state index in [1.807, 2.05) is 42.5 Å². The molecule has 1 aliphatic rings. The molecule has 1 fully saturated rings. The predicted molar refractivity (Wildman–Crippen MR) is 80.3 cm³/mol. The van der Waals surface area contributed by atoms with Gasteiger partial charge in [-0.1, -0.05) is 54.6 Å². The molecule has 0 atom stereocenters. The Morgan fingerprint density at radius 1 is 0.850 bits per heavy atom. The van der Waals surface area contributed by atoms with Crippen molar-refractivity contribution >= 4 is 5.78 Å². The smallest absolute Gasteiger partial charge is 0.189 e. The summed E-state index contributed by atoms with van der Waals surface area (Å²) in [6.45, 7) is 1.73. The summed E-state index contributed by atoms with van der Waals surface area (Å²) >= 11 is 0. The number of hydrogen-bond donors (Lipinski definition) is 2. The second kappa shape index (κ2) is 5.61. The van der Waals surface area contributed by atoms with E-state index in [1.54, 1.807) is 6.08 Å². The maximum absolute atomic E-state index is 12.1. The van der Waals surface area contributed by atoms with Gasteiger partial charge in [-0.3, -0.25) is 4.79 Å². The molecule has 3 nitrogen and oxygen atoms in total. The van der Waals surface area contributed by atoms with Gasteiger partial charge in [-0.25, -0.2) is 0 Å². The first-order valence-corrected chi connectivity index (χ1v) is 6.72. The van der Waals surface area contributed by atoms with Crippen LogP contribution in [-0.4, -0.2) is 18.9 Å². The third kappa shape index (κ3) is 2.72. The number of hydrogen-bond acceptors (Lipinski definition) is 3. The maximum Gasteiger partial charge on any atom is 0.189 e. The highest BCUT2D eigenvalue weighted by molar-refractivity contribution is 6.05. The zero-order chi connectivity index (χ0) is 13.8. The molecule has 1 heterocycles. The lowest BCUT2D eigenvalue weighted by Crippen LogP contribution is -2.12. The summed E-state index contributed by atoms with van der Waals surface area (Å²) in [5, 5.41) is 6.25. The van der Waals surface area contributed by atoms with E-state index in [0.717, 1.165) is 30.0 Å². The van der Waals surface area contributed by atoms with Crippen LogP contribution in [0, 0.1) is 0 Å². The number of nitrogens with one attached hydrogen (secondary N) is 2. The van der Waals surface area contributed by atoms with Gasteiger partial charge in [0, 0.05) is 24.7 Å². The molecule has 3 heteroatoms. The Bertz CT molecular complexity index is 622. The molecule has 0 saturated carbocycles. The summed E-state index contributed by atoms with van der Waals surface area (Å²) in [5.74, 6) is 0.823. The highest BCUT2D eigenvalue weighted by Crippen LogP contribution is 2.19. The van der Waals surface area contributed by atoms with Gasteiger partial charge in [0.2, 0.25) is 0 Å². The molecule has 0 radical (unpaired) electrons. The first kappa shape index (κ1) is 12.5. The van der Waals surface area contributed by atoms with Crippen molar-refractivity contribution in [2.24, 2.45) is 0 Å². The molecule has 3 rings (SSSR count). The fraction of sp³-hybridized carbons (Fsp3) is 0.118. The molecule has 0 amide bonds. The first-order chi connectivity index (χ1) is 9.83. The Morgan fingerprint density at radius 3 is 2.10 bits per heavy atom. The predicted octanol–water partition coefficient (Wildman–Crippen LogP) is 2.57. The van der Waals surface area contributed by atoms with Gasteiger partial charge < -0.3 is 10.6 Å². The van der Waals surface area contributed by atoms with Gasteiger partial charge in [0.25, 0.3) is 0 Å². The van der Waals surface area contributed by atoms with Crippen molar-refractivity contribution in [2.45, 2.75) is 0 Å². The molecular weight excluding hydrogens is 248 g/mol. The zero-order valence-electron chi connectivity index (χ0n) is 11.1. The van der Waals surface area contributed by atoms with E-state index in [0.29, 0.717) is 5.56 Å². The molecule has 0 unspecified atom stereocenters. The fourth-order valence-electron chi connectivity index (χ4n) is 2.23. The maximum atomic E-state index is 12.1. The van der Waals surface area contributed by atoms with E-state index in [1.165, 1.54) is 0 Å². The highest BCUT2D eigenvalue weighted by Gasteiger charge is 2.08. The van der Waals surface area contributed by atoms with Gasteiger partial charge >= 0.3 is 0 Å². The van der Waals surface area contributed by atoms with Crippen LogP contribution in [0.25, 0.3) is 11.1 Å². The topological polar surface area (TPSA) is 41.1 Å². The number of benzene rings is 2. The summed E-state index contributed by atoms with van der Waals surface area (Å²) in [5.41, 5.74) is 2.98. The summed E-state index contributed by atoms with van der Waals surface area (Å²) in [6, 6.07) is 17.8. The normalized spacial score (nSPS) is 13.5. The summed E-state index contributed by atoms with van der Waals surface area (Å²) in [4.78, 5) is 12.1. The SMILES string of the molecule is O=C(C=C1NCCN1)c1ccc(-c2ccccc2)cc1. The molecule has 0 spiro atoms. The molecule has 1 aliphatic heterocycles. The van der Waals surface area contributed by atoms with E-state index in [-0.39, 0.29) is 5.78 Å². The summed E-state index contributed by atoms with van der Waals surface area (Å²) in [7, 11) is 0. The third-order valence-electron chi connectivity index (χ3n) is 3.31. The minimum Gasteiger partial charge on any atom is -0.370 e. The van der Waals surface area contributed by atoms with Crippen LogP contribution in [0.1, 0.15) is 10.4 Å². The van der Waals surface area contributed by atoms with Crippen molar-refractivity contribution in [3.63, 3.8) is 0 Å². The molecule has 0 aromatic heterocycles. The lowest BCUT2D eigenvalue weighted by molar-refractivity contribution is 0.104.